The maximum absolute atomic E-state index is 12.6. The first-order valence-corrected chi connectivity index (χ1v) is 9.34. The fourth-order valence-electron chi connectivity index (χ4n) is 3.20. The van der Waals surface area contributed by atoms with Gasteiger partial charge in [-0.25, -0.2) is 9.97 Å². The van der Waals surface area contributed by atoms with Gasteiger partial charge in [-0.15, -0.1) is 0 Å². The number of furan rings is 1. The lowest BCUT2D eigenvalue weighted by molar-refractivity contribution is 0.0948. The minimum absolute atomic E-state index is 0.150. The zero-order valence-electron chi connectivity index (χ0n) is 15.9. The van der Waals surface area contributed by atoms with Gasteiger partial charge in [-0.3, -0.25) is 4.79 Å². The first kappa shape index (κ1) is 18.0. The normalized spacial score (nSPS) is 11.2. The Hall–Kier alpha value is -3.41. The van der Waals surface area contributed by atoms with E-state index in [1.165, 1.54) is 0 Å². The summed E-state index contributed by atoms with van der Waals surface area (Å²) in [4.78, 5) is 21.8. The number of carbonyl (C=O) groups excluding carboxylic acids is 1. The quantitative estimate of drug-likeness (QED) is 0.547. The van der Waals surface area contributed by atoms with Crippen molar-refractivity contribution in [2.75, 3.05) is 0 Å². The molecule has 142 valence electrons. The van der Waals surface area contributed by atoms with Gasteiger partial charge < -0.3 is 14.3 Å². The molecular weight excluding hydrogens is 352 g/mol. The Kier molecular flexibility index (Phi) is 4.93. The van der Waals surface area contributed by atoms with Crippen LogP contribution in [0.25, 0.3) is 22.6 Å². The van der Waals surface area contributed by atoms with Gasteiger partial charge >= 0.3 is 0 Å². The van der Waals surface area contributed by atoms with E-state index in [1.54, 1.807) is 24.6 Å². The van der Waals surface area contributed by atoms with Gasteiger partial charge in [-0.1, -0.05) is 26.0 Å². The predicted octanol–water partition coefficient (Wildman–Crippen LogP) is 4.28. The third-order valence-corrected chi connectivity index (χ3v) is 4.44. The Morgan fingerprint density at radius 2 is 2.07 bits per heavy atom. The van der Waals surface area contributed by atoms with E-state index in [0.29, 0.717) is 23.8 Å². The fourth-order valence-corrected chi connectivity index (χ4v) is 3.20. The van der Waals surface area contributed by atoms with Gasteiger partial charge in [0, 0.05) is 23.9 Å². The highest BCUT2D eigenvalue weighted by molar-refractivity contribution is 5.95. The standard InChI is InChI=1S/C22H22N4O2/c1-15(2)14-26-20(25-19-9-4-10-23-21(19)26)16-6-3-7-17(12-16)22(27)24-13-18-8-5-11-28-18/h3-12,15H,13-14H2,1-2H3,(H,24,27). The molecule has 0 saturated carbocycles. The van der Waals surface area contributed by atoms with Crippen molar-refractivity contribution in [1.29, 1.82) is 0 Å². The second-order valence-electron chi connectivity index (χ2n) is 7.13. The van der Waals surface area contributed by atoms with Crippen molar-refractivity contribution in [3.63, 3.8) is 0 Å². The van der Waals surface area contributed by atoms with Crippen LogP contribution in [-0.4, -0.2) is 20.4 Å². The molecule has 6 heteroatoms. The number of amides is 1. The van der Waals surface area contributed by atoms with E-state index in [9.17, 15) is 4.79 Å². The maximum atomic E-state index is 12.6. The number of carbonyl (C=O) groups is 1. The predicted molar refractivity (Wildman–Crippen MR) is 108 cm³/mol. The van der Waals surface area contributed by atoms with E-state index < -0.39 is 0 Å². The molecule has 0 unspecified atom stereocenters. The molecule has 0 fully saturated rings. The molecule has 0 spiro atoms. The number of nitrogens with one attached hydrogen (secondary N) is 1. The fraction of sp³-hybridized carbons (Fsp3) is 0.227. The second kappa shape index (κ2) is 7.68. The van der Waals surface area contributed by atoms with E-state index in [2.05, 4.69) is 28.7 Å². The molecule has 0 radical (unpaired) electrons. The highest BCUT2D eigenvalue weighted by Crippen LogP contribution is 2.25. The van der Waals surface area contributed by atoms with Crippen LogP contribution in [0.15, 0.2) is 65.4 Å². The first-order valence-electron chi connectivity index (χ1n) is 9.34. The lowest BCUT2D eigenvalue weighted by atomic mass is 10.1. The van der Waals surface area contributed by atoms with E-state index in [0.717, 1.165) is 29.1 Å². The molecule has 0 bridgehead atoms. The molecule has 0 atom stereocenters. The molecule has 1 aromatic carbocycles. The first-order chi connectivity index (χ1) is 13.6. The number of nitrogens with zero attached hydrogens (tertiary/aromatic N) is 3. The van der Waals surface area contributed by atoms with Crippen molar-refractivity contribution >= 4 is 17.1 Å². The average Bonchev–Trinajstić information content (AvgIpc) is 3.34. The summed E-state index contributed by atoms with van der Waals surface area (Å²) < 4.78 is 7.39. The van der Waals surface area contributed by atoms with Crippen LogP contribution < -0.4 is 5.32 Å². The number of benzene rings is 1. The van der Waals surface area contributed by atoms with Crippen LogP contribution in [0.3, 0.4) is 0 Å². The van der Waals surface area contributed by atoms with Crippen molar-refractivity contribution < 1.29 is 9.21 Å². The van der Waals surface area contributed by atoms with Gasteiger partial charge in [0.15, 0.2) is 5.65 Å². The lowest BCUT2D eigenvalue weighted by Crippen LogP contribution is -2.22. The molecule has 6 nitrogen and oxygen atoms in total. The van der Waals surface area contributed by atoms with Crippen LogP contribution in [0.4, 0.5) is 0 Å². The number of imidazole rings is 1. The van der Waals surface area contributed by atoms with Crippen LogP contribution in [-0.2, 0) is 13.1 Å². The monoisotopic (exact) mass is 374 g/mol. The van der Waals surface area contributed by atoms with E-state index in [-0.39, 0.29) is 5.91 Å². The molecule has 3 heterocycles. The van der Waals surface area contributed by atoms with E-state index in [1.807, 2.05) is 36.4 Å². The maximum Gasteiger partial charge on any atom is 0.251 e. The largest absolute Gasteiger partial charge is 0.467 e. The van der Waals surface area contributed by atoms with Gasteiger partial charge in [-0.2, -0.15) is 0 Å². The molecule has 0 saturated heterocycles. The average molecular weight is 374 g/mol. The molecule has 3 aromatic heterocycles. The number of aromatic nitrogens is 3. The highest BCUT2D eigenvalue weighted by Gasteiger charge is 2.16. The summed E-state index contributed by atoms with van der Waals surface area (Å²) in [5.74, 6) is 1.83. The molecule has 0 aliphatic heterocycles. The van der Waals surface area contributed by atoms with Crippen molar-refractivity contribution in [3.05, 3.63) is 72.3 Å². The summed E-state index contributed by atoms with van der Waals surface area (Å²) >= 11 is 0. The van der Waals surface area contributed by atoms with Crippen LogP contribution in [0.5, 0.6) is 0 Å². The Morgan fingerprint density at radius 1 is 1.18 bits per heavy atom. The van der Waals surface area contributed by atoms with Crippen molar-refractivity contribution in [2.24, 2.45) is 5.92 Å². The Balaban J connectivity index is 1.66. The van der Waals surface area contributed by atoms with Gasteiger partial charge in [0.05, 0.1) is 12.8 Å². The molecule has 0 aliphatic rings. The molecule has 4 rings (SSSR count). The van der Waals surface area contributed by atoms with Crippen molar-refractivity contribution in [2.45, 2.75) is 26.9 Å². The van der Waals surface area contributed by atoms with Crippen molar-refractivity contribution in [3.8, 4) is 11.4 Å². The third-order valence-electron chi connectivity index (χ3n) is 4.44. The van der Waals surface area contributed by atoms with E-state index >= 15 is 0 Å². The topological polar surface area (TPSA) is 73.0 Å². The number of rotatable bonds is 6. The van der Waals surface area contributed by atoms with Gasteiger partial charge in [-0.05, 0) is 42.3 Å². The lowest BCUT2D eigenvalue weighted by Gasteiger charge is -2.12. The minimum atomic E-state index is -0.150. The Morgan fingerprint density at radius 3 is 2.86 bits per heavy atom. The van der Waals surface area contributed by atoms with Crippen molar-refractivity contribution in [1.82, 2.24) is 19.9 Å². The van der Waals surface area contributed by atoms with E-state index in [4.69, 9.17) is 9.40 Å². The Bertz CT molecular complexity index is 1100. The summed E-state index contributed by atoms with van der Waals surface area (Å²) in [6.07, 6.45) is 3.37. The minimum Gasteiger partial charge on any atom is -0.467 e. The molecular formula is C22H22N4O2. The number of pyridine rings is 1. The highest BCUT2D eigenvalue weighted by atomic mass is 16.3. The third kappa shape index (κ3) is 3.67. The van der Waals surface area contributed by atoms with Gasteiger partial charge in [0.25, 0.3) is 5.91 Å². The molecule has 0 aliphatic carbocycles. The van der Waals surface area contributed by atoms with Crippen LogP contribution in [0, 0.1) is 5.92 Å². The number of hydrogen-bond acceptors (Lipinski definition) is 4. The number of hydrogen-bond donors (Lipinski definition) is 1. The molecule has 4 aromatic rings. The molecule has 1 amide bonds. The summed E-state index contributed by atoms with van der Waals surface area (Å²) in [6, 6.07) is 15.0. The zero-order valence-corrected chi connectivity index (χ0v) is 15.9. The molecule has 1 N–H and O–H groups in total. The Labute approximate surface area is 163 Å². The summed E-state index contributed by atoms with van der Waals surface area (Å²) in [5.41, 5.74) is 3.19. The SMILES string of the molecule is CC(C)Cn1c(-c2cccc(C(=O)NCc3ccco3)c2)nc2cccnc21. The summed E-state index contributed by atoms with van der Waals surface area (Å²) in [7, 11) is 0. The summed E-state index contributed by atoms with van der Waals surface area (Å²) in [5, 5.41) is 2.88. The van der Waals surface area contributed by atoms with Gasteiger partial charge in [0.1, 0.15) is 17.1 Å². The zero-order chi connectivity index (χ0) is 19.5. The second-order valence-corrected chi connectivity index (χ2v) is 7.13. The van der Waals surface area contributed by atoms with Crippen LogP contribution in [0.2, 0.25) is 0 Å². The number of fused-ring (bicyclic) bond motifs is 1. The smallest absolute Gasteiger partial charge is 0.251 e. The van der Waals surface area contributed by atoms with Crippen LogP contribution in [0.1, 0.15) is 30.0 Å². The van der Waals surface area contributed by atoms with Gasteiger partial charge in [0.2, 0.25) is 0 Å². The van der Waals surface area contributed by atoms with Crippen LogP contribution >= 0.6 is 0 Å². The summed E-state index contributed by atoms with van der Waals surface area (Å²) in [6.45, 7) is 5.48. The molecule has 28 heavy (non-hydrogen) atoms.